The minimum atomic E-state index is 0.831. The second-order valence-electron chi connectivity index (χ2n) is 6.96. The van der Waals surface area contributed by atoms with Crippen LogP contribution in [0.3, 0.4) is 0 Å². The largest absolute Gasteiger partial charge is 0.464 e. The van der Waals surface area contributed by atoms with Crippen LogP contribution in [0.15, 0.2) is 102 Å². The molecule has 2 nitrogen and oxygen atoms in total. The van der Waals surface area contributed by atoms with Gasteiger partial charge in [-0.05, 0) is 46.7 Å². The van der Waals surface area contributed by atoms with Crippen molar-refractivity contribution in [2.45, 2.75) is 0 Å². The van der Waals surface area contributed by atoms with E-state index in [4.69, 9.17) is 9.15 Å². The topological polar surface area (TPSA) is 22.4 Å². The molecule has 0 unspecified atom stereocenters. The smallest absolute Gasteiger partial charge is 0.135 e. The molecular weight excluding hydrogens is 344 g/mol. The summed E-state index contributed by atoms with van der Waals surface area (Å²) in [6, 6.07) is 30.9. The first-order valence-electron chi connectivity index (χ1n) is 9.36. The van der Waals surface area contributed by atoms with Crippen molar-refractivity contribution in [3.63, 3.8) is 0 Å². The van der Waals surface area contributed by atoms with Gasteiger partial charge in [-0.3, -0.25) is 0 Å². The van der Waals surface area contributed by atoms with Crippen molar-refractivity contribution in [2.24, 2.45) is 0 Å². The second-order valence-corrected chi connectivity index (χ2v) is 6.96. The lowest BCUT2D eigenvalue weighted by Crippen LogP contribution is -1.88. The maximum Gasteiger partial charge on any atom is 0.135 e. The Balaban J connectivity index is 1.66. The highest BCUT2D eigenvalue weighted by Gasteiger charge is 2.25. The van der Waals surface area contributed by atoms with Crippen LogP contribution in [0, 0.1) is 0 Å². The molecule has 0 bridgehead atoms. The standard InChI is InChI=1S/C26H16O2/c1-2-8-18(9-3-1)28-22-12-5-4-10-19(22)25-20-11-6-7-17-13-14-23-26(24(17)20)21(25)15-16-27-23/h1-16H. The van der Waals surface area contributed by atoms with Gasteiger partial charge in [-0.1, -0.05) is 60.7 Å². The highest BCUT2D eigenvalue weighted by atomic mass is 16.5. The molecule has 0 aromatic heterocycles. The molecule has 0 atom stereocenters. The Labute approximate surface area is 162 Å². The lowest BCUT2D eigenvalue weighted by molar-refractivity contribution is 0.484. The zero-order chi connectivity index (χ0) is 18.5. The molecule has 0 amide bonds. The molecule has 1 aliphatic heterocycles. The molecule has 4 aromatic rings. The zero-order valence-corrected chi connectivity index (χ0v) is 15.1. The summed E-state index contributed by atoms with van der Waals surface area (Å²) in [5, 5.41) is 3.71. The molecule has 0 spiro atoms. The number of hydrogen-bond donors (Lipinski definition) is 0. The minimum Gasteiger partial charge on any atom is -0.464 e. The Morgan fingerprint density at radius 3 is 2.39 bits per heavy atom. The van der Waals surface area contributed by atoms with Gasteiger partial charge in [0.15, 0.2) is 0 Å². The van der Waals surface area contributed by atoms with Crippen LogP contribution in [0.5, 0.6) is 11.5 Å². The molecule has 1 aliphatic carbocycles. The summed E-state index contributed by atoms with van der Waals surface area (Å²) in [4.78, 5) is 0. The number of para-hydroxylation sites is 2. The van der Waals surface area contributed by atoms with Gasteiger partial charge in [-0.2, -0.15) is 0 Å². The molecule has 2 aliphatic rings. The van der Waals surface area contributed by atoms with Crippen LogP contribution >= 0.6 is 0 Å². The monoisotopic (exact) mass is 360 g/mol. The first-order chi connectivity index (χ1) is 13.9. The van der Waals surface area contributed by atoms with Crippen LogP contribution < -0.4 is 4.74 Å². The summed E-state index contributed by atoms with van der Waals surface area (Å²) < 4.78 is 12.1. The average molecular weight is 360 g/mol. The summed E-state index contributed by atoms with van der Waals surface area (Å²) in [7, 11) is 0. The van der Waals surface area contributed by atoms with Crippen molar-refractivity contribution in [3.8, 4) is 33.8 Å². The third-order valence-corrected chi connectivity index (χ3v) is 5.37. The number of ether oxygens (including phenoxy) is 1. The van der Waals surface area contributed by atoms with Crippen LogP contribution in [0.2, 0.25) is 0 Å². The van der Waals surface area contributed by atoms with Crippen molar-refractivity contribution in [3.05, 3.63) is 97.3 Å². The lowest BCUT2D eigenvalue weighted by Gasteiger charge is -2.12. The van der Waals surface area contributed by atoms with Gasteiger partial charge in [0.1, 0.15) is 17.1 Å². The fraction of sp³-hybridized carbons (Fsp3) is 0. The van der Waals surface area contributed by atoms with Gasteiger partial charge in [0.2, 0.25) is 0 Å². The van der Waals surface area contributed by atoms with Crippen LogP contribution in [-0.2, 0) is 0 Å². The molecule has 6 rings (SSSR count). The van der Waals surface area contributed by atoms with Crippen molar-refractivity contribution in [1.29, 1.82) is 0 Å². The van der Waals surface area contributed by atoms with Crippen LogP contribution in [-0.4, -0.2) is 0 Å². The van der Waals surface area contributed by atoms with Gasteiger partial charge in [0.05, 0.1) is 6.26 Å². The summed E-state index contributed by atoms with van der Waals surface area (Å²) in [6.45, 7) is 0. The first kappa shape index (κ1) is 15.3. The van der Waals surface area contributed by atoms with Crippen molar-refractivity contribution in [1.82, 2.24) is 0 Å². The number of rotatable bonds is 3. The molecular formula is C26H16O2. The summed E-state index contributed by atoms with van der Waals surface area (Å²) in [5.74, 6) is 1.68. The van der Waals surface area contributed by atoms with E-state index >= 15 is 0 Å². The lowest BCUT2D eigenvalue weighted by atomic mass is 9.99. The Bertz CT molecular complexity index is 1380. The fourth-order valence-electron chi connectivity index (χ4n) is 4.21. The Hall–Kier alpha value is -3.78. The normalized spacial score (nSPS) is 11.6. The van der Waals surface area contributed by atoms with Gasteiger partial charge in [0, 0.05) is 22.1 Å². The van der Waals surface area contributed by atoms with E-state index in [9.17, 15) is 0 Å². The van der Waals surface area contributed by atoms with E-state index in [1.807, 2.05) is 42.5 Å². The van der Waals surface area contributed by atoms with E-state index in [0.29, 0.717) is 0 Å². The first-order valence-corrected chi connectivity index (χ1v) is 9.36. The van der Waals surface area contributed by atoms with Crippen LogP contribution in [0.25, 0.3) is 44.0 Å². The van der Waals surface area contributed by atoms with E-state index in [1.165, 1.54) is 32.8 Å². The summed E-state index contributed by atoms with van der Waals surface area (Å²) in [6.07, 6.45) is 1.77. The molecule has 0 saturated heterocycles. The fourth-order valence-corrected chi connectivity index (χ4v) is 4.21. The molecule has 28 heavy (non-hydrogen) atoms. The van der Waals surface area contributed by atoms with Crippen molar-refractivity contribution >= 4 is 21.7 Å². The van der Waals surface area contributed by atoms with Crippen molar-refractivity contribution < 1.29 is 9.15 Å². The number of hydrogen-bond acceptors (Lipinski definition) is 2. The minimum absolute atomic E-state index is 0.831. The SMILES string of the molecule is c1ccc(Oc2ccccc2-c2c3ccoc4ccc5cccc2c5c4-3)cc1. The van der Waals surface area contributed by atoms with Crippen molar-refractivity contribution in [2.75, 3.05) is 0 Å². The third kappa shape index (κ3) is 2.15. The van der Waals surface area contributed by atoms with E-state index in [0.717, 1.165) is 22.6 Å². The molecule has 132 valence electrons. The van der Waals surface area contributed by atoms with Gasteiger partial charge in [-0.15, -0.1) is 0 Å². The zero-order valence-electron chi connectivity index (χ0n) is 15.1. The second kappa shape index (κ2) is 5.86. The molecule has 4 aromatic carbocycles. The maximum atomic E-state index is 6.27. The molecule has 2 heteroatoms. The third-order valence-electron chi connectivity index (χ3n) is 5.37. The maximum absolute atomic E-state index is 6.27. The van der Waals surface area contributed by atoms with E-state index in [2.05, 4.69) is 48.5 Å². The average Bonchev–Trinajstić information content (AvgIpc) is 3.09. The Morgan fingerprint density at radius 1 is 0.607 bits per heavy atom. The summed E-state index contributed by atoms with van der Waals surface area (Å²) in [5.41, 5.74) is 5.56. The van der Waals surface area contributed by atoms with Gasteiger partial charge in [0.25, 0.3) is 0 Å². The Morgan fingerprint density at radius 2 is 1.46 bits per heavy atom. The molecule has 0 radical (unpaired) electrons. The van der Waals surface area contributed by atoms with Crippen LogP contribution in [0.4, 0.5) is 0 Å². The van der Waals surface area contributed by atoms with E-state index < -0.39 is 0 Å². The molecule has 0 N–H and O–H groups in total. The van der Waals surface area contributed by atoms with Gasteiger partial charge >= 0.3 is 0 Å². The molecule has 1 heterocycles. The van der Waals surface area contributed by atoms with E-state index in [-0.39, 0.29) is 0 Å². The Kier molecular flexibility index (Phi) is 3.20. The summed E-state index contributed by atoms with van der Waals surface area (Å²) >= 11 is 0. The van der Waals surface area contributed by atoms with Gasteiger partial charge in [-0.25, -0.2) is 0 Å². The quantitative estimate of drug-likeness (QED) is 0.303. The number of benzene rings is 4. The molecule has 0 fully saturated rings. The predicted molar refractivity (Wildman–Crippen MR) is 113 cm³/mol. The highest BCUT2D eigenvalue weighted by Crippen LogP contribution is 2.51. The predicted octanol–water partition coefficient (Wildman–Crippen LogP) is 7.59. The van der Waals surface area contributed by atoms with E-state index in [1.54, 1.807) is 6.26 Å². The van der Waals surface area contributed by atoms with Gasteiger partial charge < -0.3 is 9.15 Å². The molecule has 0 saturated carbocycles. The van der Waals surface area contributed by atoms with Crippen LogP contribution in [0.1, 0.15) is 0 Å². The highest BCUT2D eigenvalue weighted by molar-refractivity contribution is 6.24.